The van der Waals surface area contributed by atoms with E-state index in [1.807, 2.05) is 0 Å². The number of nitrogens with one attached hydrogen (secondary N) is 1. The fourth-order valence-electron chi connectivity index (χ4n) is 2.63. The maximum Gasteiger partial charge on any atom is 0.341 e. The summed E-state index contributed by atoms with van der Waals surface area (Å²) in [5.74, 6) is -0.673. The van der Waals surface area contributed by atoms with Crippen molar-refractivity contribution in [3.8, 4) is 11.1 Å². The van der Waals surface area contributed by atoms with E-state index < -0.39 is 20.9 Å². The number of sulfonamides is 1. The lowest BCUT2D eigenvalue weighted by Crippen LogP contribution is -2.15. The molecule has 0 spiro atoms. The van der Waals surface area contributed by atoms with E-state index in [1.54, 1.807) is 36.6 Å². The van der Waals surface area contributed by atoms with E-state index in [-0.39, 0.29) is 27.8 Å². The van der Waals surface area contributed by atoms with E-state index in [0.29, 0.717) is 11.1 Å². The van der Waals surface area contributed by atoms with Gasteiger partial charge in [0.15, 0.2) is 0 Å². The lowest BCUT2D eigenvalue weighted by atomic mass is 10.0. The number of non-ortho nitro benzene ring substituents is 1. The second kappa shape index (κ2) is 8.94. The summed E-state index contributed by atoms with van der Waals surface area (Å²) in [6.07, 6.45) is 0. The Morgan fingerprint density at radius 1 is 1.23 bits per heavy atom. The van der Waals surface area contributed by atoms with Gasteiger partial charge in [0.25, 0.3) is 15.7 Å². The molecule has 1 N–H and O–H groups in total. The molecule has 0 aliphatic rings. The maximum atomic E-state index is 12.8. The monoisotopic (exact) mass is 510 g/mol. The minimum absolute atomic E-state index is 0.0675. The molecule has 3 aromatic rings. The van der Waals surface area contributed by atoms with Crippen LogP contribution in [0.1, 0.15) is 17.3 Å². The number of thiophene rings is 1. The van der Waals surface area contributed by atoms with E-state index in [4.69, 9.17) is 4.74 Å². The summed E-state index contributed by atoms with van der Waals surface area (Å²) < 4.78 is 34.0. The SMILES string of the molecule is CCOC(=O)c1c(-c2ccc(Br)cc2)csc1NS(=O)(=O)c1cccc([N+](=O)[O-])c1. The van der Waals surface area contributed by atoms with E-state index >= 15 is 0 Å². The number of rotatable bonds is 7. The zero-order chi connectivity index (χ0) is 21.9. The first-order valence-electron chi connectivity index (χ1n) is 8.54. The van der Waals surface area contributed by atoms with Crippen molar-refractivity contribution in [3.63, 3.8) is 0 Å². The molecule has 1 aromatic heterocycles. The summed E-state index contributed by atoms with van der Waals surface area (Å²) in [5, 5.41) is 12.7. The Hall–Kier alpha value is -2.76. The highest BCUT2D eigenvalue weighted by Gasteiger charge is 2.26. The van der Waals surface area contributed by atoms with Gasteiger partial charge in [-0.2, -0.15) is 0 Å². The van der Waals surface area contributed by atoms with Crippen LogP contribution < -0.4 is 4.72 Å². The first-order valence-corrected chi connectivity index (χ1v) is 11.7. The van der Waals surface area contributed by atoms with Gasteiger partial charge in [-0.15, -0.1) is 11.3 Å². The molecule has 0 unspecified atom stereocenters. The third-order valence-electron chi connectivity index (χ3n) is 3.99. The van der Waals surface area contributed by atoms with Crippen LogP contribution in [0.5, 0.6) is 0 Å². The average molecular weight is 511 g/mol. The van der Waals surface area contributed by atoms with Gasteiger partial charge in [0.1, 0.15) is 10.6 Å². The highest BCUT2D eigenvalue weighted by Crippen LogP contribution is 2.38. The van der Waals surface area contributed by atoms with Crippen LogP contribution in [0.2, 0.25) is 0 Å². The molecule has 0 radical (unpaired) electrons. The van der Waals surface area contributed by atoms with Crippen molar-refractivity contribution in [2.75, 3.05) is 11.3 Å². The Kier molecular flexibility index (Phi) is 6.54. The lowest BCUT2D eigenvalue weighted by molar-refractivity contribution is -0.385. The molecule has 0 saturated carbocycles. The summed E-state index contributed by atoms with van der Waals surface area (Å²) in [5.41, 5.74) is 0.949. The summed E-state index contributed by atoms with van der Waals surface area (Å²) in [6, 6.07) is 11.8. The number of nitrogens with zero attached hydrogens (tertiary/aromatic N) is 1. The van der Waals surface area contributed by atoms with Gasteiger partial charge in [-0.3, -0.25) is 14.8 Å². The van der Waals surface area contributed by atoms with Crippen LogP contribution in [-0.2, 0) is 14.8 Å². The number of nitro benzene ring substituents is 1. The number of benzene rings is 2. The molecule has 0 aliphatic heterocycles. The summed E-state index contributed by atoms with van der Waals surface area (Å²) >= 11 is 4.37. The highest BCUT2D eigenvalue weighted by atomic mass is 79.9. The molecule has 0 bridgehead atoms. The first kappa shape index (κ1) is 21.9. The van der Waals surface area contributed by atoms with Gasteiger partial charge >= 0.3 is 5.97 Å². The van der Waals surface area contributed by atoms with E-state index in [2.05, 4.69) is 20.7 Å². The Morgan fingerprint density at radius 3 is 2.57 bits per heavy atom. The molecule has 1 heterocycles. The zero-order valence-electron chi connectivity index (χ0n) is 15.5. The van der Waals surface area contributed by atoms with Crippen LogP contribution in [0.3, 0.4) is 0 Å². The van der Waals surface area contributed by atoms with Crippen molar-refractivity contribution in [1.82, 2.24) is 0 Å². The molecule has 2 aromatic carbocycles. The quantitative estimate of drug-likeness (QED) is 0.269. The predicted molar refractivity (Wildman–Crippen MR) is 117 cm³/mol. The lowest BCUT2D eigenvalue weighted by Gasteiger charge is -2.10. The Balaban J connectivity index is 2.05. The summed E-state index contributed by atoms with van der Waals surface area (Å²) in [7, 11) is -4.18. The molecule has 0 amide bonds. The van der Waals surface area contributed by atoms with Crippen molar-refractivity contribution >= 4 is 53.9 Å². The highest BCUT2D eigenvalue weighted by molar-refractivity contribution is 9.10. The fourth-order valence-corrected chi connectivity index (χ4v) is 5.21. The molecule has 0 aliphatic carbocycles. The van der Waals surface area contributed by atoms with Crippen LogP contribution in [0, 0.1) is 10.1 Å². The molecule has 30 heavy (non-hydrogen) atoms. The predicted octanol–water partition coefficient (Wildman–Crippen LogP) is 5.06. The van der Waals surface area contributed by atoms with E-state index in [9.17, 15) is 23.3 Å². The van der Waals surface area contributed by atoms with Gasteiger partial charge in [-0.25, -0.2) is 13.2 Å². The number of esters is 1. The smallest absolute Gasteiger partial charge is 0.341 e. The number of hydrogen-bond acceptors (Lipinski definition) is 7. The molecule has 0 atom stereocenters. The third kappa shape index (κ3) is 4.69. The Morgan fingerprint density at radius 2 is 1.93 bits per heavy atom. The minimum Gasteiger partial charge on any atom is -0.462 e. The molecule has 3 rings (SSSR count). The third-order valence-corrected chi connectivity index (χ3v) is 6.89. The minimum atomic E-state index is -4.18. The van der Waals surface area contributed by atoms with Gasteiger partial charge in [0, 0.05) is 27.5 Å². The molecular weight excluding hydrogens is 496 g/mol. The first-order chi connectivity index (χ1) is 14.2. The standard InChI is InChI=1S/C19H15BrN2O6S2/c1-2-28-19(23)17-16(12-6-8-13(20)9-7-12)11-29-18(17)21-30(26,27)15-5-3-4-14(10-15)22(24)25/h3-11,21H,2H2,1H3. The number of nitro groups is 1. The topological polar surface area (TPSA) is 116 Å². The van der Waals surface area contributed by atoms with Gasteiger partial charge < -0.3 is 4.74 Å². The fraction of sp³-hybridized carbons (Fsp3) is 0.105. The number of hydrogen-bond donors (Lipinski definition) is 1. The van der Waals surface area contributed by atoms with Crippen LogP contribution in [-0.4, -0.2) is 25.9 Å². The number of carbonyl (C=O) groups is 1. The van der Waals surface area contributed by atoms with Crippen molar-refractivity contribution in [3.05, 3.63) is 74.1 Å². The number of anilines is 1. The van der Waals surface area contributed by atoms with Crippen molar-refractivity contribution in [2.24, 2.45) is 0 Å². The second-order valence-electron chi connectivity index (χ2n) is 5.94. The molecule has 8 nitrogen and oxygen atoms in total. The van der Waals surface area contributed by atoms with Crippen LogP contribution >= 0.6 is 27.3 Å². The van der Waals surface area contributed by atoms with Crippen LogP contribution in [0.25, 0.3) is 11.1 Å². The number of carbonyl (C=O) groups excluding carboxylic acids is 1. The Bertz CT molecular complexity index is 1210. The van der Waals surface area contributed by atoms with E-state index in [1.165, 1.54) is 18.2 Å². The Labute approximate surface area is 184 Å². The van der Waals surface area contributed by atoms with Gasteiger partial charge in [0.2, 0.25) is 0 Å². The molecule has 11 heteroatoms. The zero-order valence-corrected chi connectivity index (χ0v) is 18.7. The van der Waals surface area contributed by atoms with Gasteiger partial charge in [-0.05, 0) is 30.7 Å². The number of ether oxygens (including phenoxy) is 1. The second-order valence-corrected chi connectivity index (χ2v) is 9.42. The molecule has 0 saturated heterocycles. The van der Waals surface area contributed by atoms with Crippen molar-refractivity contribution < 1.29 is 22.9 Å². The van der Waals surface area contributed by atoms with Gasteiger partial charge in [-0.1, -0.05) is 34.1 Å². The summed E-state index contributed by atoms with van der Waals surface area (Å²) in [6.45, 7) is 1.77. The largest absolute Gasteiger partial charge is 0.462 e. The number of halogens is 1. The normalized spacial score (nSPS) is 11.1. The average Bonchev–Trinajstić information content (AvgIpc) is 3.11. The van der Waals surface area contributed by atoms with Crippen LogP contribution in [0.15, 0.2) is 63.3 Å². The molecule has 0 fully saturated rings. The maximum absolute atomic E-state index is 12.8. The van der Waals surface area contributed by atoms with Crippen LogP contribution in [0.4, 0.5) is 10.7 Å². The molecule has 156 valence electrons. The molecular formula is C19H15BrN2O6S2. The van der Waals surface area contributed by atoms with Crippen molar-refractivity contribution in [2.45, 2.75) is 11.8 Å². The van der Waals surface area contributed by atoms with Crippen molar-refractivity contribution in [1.29, 1.82) is 0 Å². The van der Waals surface area contributed by atoms with Gasteiger partial charge in [0.05, 0.1) is 16.4 Å². The summed E-state index contributed by atoms with van der Waals surface area (Å²) in [4.78, 5) is 22.6. The van der Waals surface area contributed by atoms with E-state index in [0.717, 1.165) is 21.9 Å².